The van der Waals surface area contributed by atoms with Gasteiger partial charge in [0.25, 0.3) is 0 Å². The Morgan fingerprint density at radius 1 is 1.10 bits per heavy atom. The second-order valence-electron chi connectivity index (χ2n) is 3.77. The molecule has 1 heterocycles. The molecule has 2 aromatic rings. The van der Waals surface area contributed by atoms with Crippen LogP contribution in [0.4, 0.5) is 0 Å². The summed E-state index contributed by atoms with van der Waals surface area (Å²) in [7, 11) is 0. The van der Waals surface area contributed by atoms with E-state index >= 15 is 0 Å². The van der Waals surface area contributed by atoms with Crippen molar-refractivity contribution in [1.29, 1.82) is 0 Å². The summed E-state index contributed by atoms with van der Waals surface area (Å²) in [5, 5.41) is 25.4. The molecule has 0 aliphatic heterocycles. The topological polar surface area (TPSA) is 90.9 Å². The van der Waals surface area contributed by atoms with Crippen LogP contribution in [0, 0.1) is 0 Å². The molecule has 0 radical (unpaired) electrons. The maximum absolute atomic E-state index is 10.1. The summed E-state index contributed by atoms with van der Waals surface area (Å²) in [5.41, 5.74) is 1.55. The summed E-state index contributed by atoms with van der Waals surface area (Å²) in [6.45, 7) is -0.227. The number of benzene rings is 1. The number of carboxylic acid groups (broad SMARTS) is 1. The van der Waals surface area contributed by atoms with E-state index in [-0.39, 0.29) is 13.2 Å². The molecule has 3 N–H and O–H groups in total. The summed E-state index contributed by atoms with van der Waals surface area (Å²) >= 11 is 0. The number of aliphatic hydroxyl groups is 2. The summed E-state index contributed by atoms with van der Waals surface area (Å²) in [6.07, 6.45) is 4.12. The molecule has 0 saturated heterocycles. The molecule has 1 aromatic carbocycles. The number of hydrogen-bond acceptors (Lipinski definition) is 4. The standard InChI is InChI=1S/C9H8O2.C6H8O3/c10-9(11)7-6-8-4-2-1-3-5-8;7-3-5-1-2-9-6(5)4-8/h1-7H,(H,10,11);1-2,7-8H,3-4H2/b7-6+;. The van der Waals surface area contributed by atoms with Gasteiger partial charge < -0.3 is 19.7 Å². The van der Waals surface area contributed by atoms with E-state index in [1.165, 1.54) is 6.26 Å². The van der Waals surface area contributed by atoms with Crippen LogP contribution in [0.1, 0.15) is 16.9 Å². The average Bonchev–Trinajstić information content (AvgIpc) is 2.94. The quantitative estimate of drug-likeness (QED) is 0.743. The van der Waals surface area contributed by atoms with E-state index in [0.717, 1.165) is 11.6 Å². The number of aliphatic hydroxyl groups excluding tert-OH is 2. The molecular weight excluding hydrogens is 260 g/mol. The van der Waals surface area contributed by atoms with Gasteiger partial charge in [-0.3, -0.25) is 0 Å². The second kappa shape index (κ2) is 8.68. The molecule has 0 aliphatic rings. The Bertz CT molecular complexity index is 524. The van der Waals surface area contributed by atoms with Crippen LogP contribution in [0.15, 0.2) is 53.2 Å². The molecule has 0 amide bonds. The SMILES string of the molecule is O=C(O)/C=C/c1ccccc1.OCc1ccoc1CO. The highest BCUT2D eigenvalue weighted by Crippen LogP contribution is 2.09. The van der Waals surface area contributed by atoms with E-state index < -0.39 is 5.97 Å². The predicted molar refractivity (Wildman–Crippen MR) is 73.7 cm³/mol. The van der Waals surface area contributed by atoms with Gasteiger partial charge in [0.2, 0.25) is 0 Å². The molecule has 0 spiro atoms. The number of furan rings is 1. The van der Waals surface area contributed by atoms with Crippen LogP contribution in [-0.2, 0) is 18.0 Å². The van der Waals surface area contributed by atoms with Crippen molar-refractivity contribution in [3.05, 3.63) is 65.6 Å². The van der Waals surface area contributed by atoms with Crippen LogP contribution in [0.5, 0.6) is 0 Å². The average molecular weight is 276 g/mol. The maximum Gasteiger partial charge on any atom is 0.328 e. The van der Waals surface area contributed by atoms with Crippen molar-refractivity contribution in [1.82, 2.24) is 0 Å². The predicted octanol–water partition coefficient (Wildman–Crippen LogP) is 2.05. The highest BCUT2D eigenvalue weighted by Gasteiger charge is 2.01. The molecule has 1 aromatic heterocycles. The summed E-state index contributed by atoms with van der Waals surface area (Å²) in [6, 6.07) is 10.9. The van der Waals surface area contributed by atoms with Gasteiger partial charge in [-0.2, -0.15) is 0 Å². The van der Waals surface area contributed by atoms with Crippen LogP contribution >= 0.6 is 0 Å². The van der Waals surface area contributed by atoms with Crippen LogP contribution in [0.3, 0.4) is 0 Å². The van der Waals surface area contributed by atoms with E-state index in [1.54, 1.807) is 12.1 Å². The number of carboxylic acids is 1. The molecule has 0 unspecified atom stereocenters. The van der Waals surface area contributed by atoms with Crippen molar-refractivity contribution >= 4 is 12.0 Å². The van der Waals surface area contributed by atoms with E-state index in [4.69, 9.17) is 19.7 Å². The number of carbonyl (C=O) groups is 1. The lowest BCUT2D eigenvalue weighted by Gasteiger charge is -1.90. The number of aliphatic carboxylic acids is 1. The lowest BCUT2D eigenvalue weighted by Crippen LogP contribution is -1.86. The Kier molecular flexibility index (Phi) is 6.81. The first-order valence-corrected chi connectivity index (χ1v) is 5.90. The van der Waals surface area contributed by atoms with Gasteiger partial charge in [-0.15, -0.1) is 0 Å². The highest BCUT2D eigenvalue weighted by molar-refractivity contribution is 5.85. The van der Waals surface area contributed by atoms with Crippen LogP contribution in [0.25, 0.3) is 6.08 Å². The molecule has 5 heteroatoms. The van der Waals surface area contributed by atoms with Crippen molar-refractivity contribution in [3.63, 3.8) is 0 Å². The van der Waals surface area contributed by atoms with Crippen LogP contribution in [0.2, 0.25) is 0 Å². The summed E-state index contributed by atoms with van der Waals surface area (Å²) < 4.78 is 4.79. The van der Waals surface area contributed by atoms with Gasteiger partial charge in [-0.05, 0) is 17.7 Å². The monoisotopic (exact) mass is 276 g/mol. The molecule has 0 fully saturated rings. The normalized spacial score (nSPS) is 10.1. The zero-order valence-electron chi connectivity index (χ0n) is 10.8. The number of hydrogen-bond donors (Lipinski definition) is 3. The minimum atomic E-state index is -0.922. The maximum atomic E-state index is 10.1. The van der Waals surface area contributed by atoms with E-state index in [1.807, 2.05) is 30.3 Å². The van der Waals surface area contributed by atoms with Gasteiger partial charge in [0.1, 0.15) is 12.4 Å². The first-order chi connectivity index (χ1) is 9.67. The smallest absolute Gasteiger partial charge is 0.328 e. The van der Waals surface area contributed by atoms with Crippen molar-refractivity contribution < 1.29 is 24.5 Å². The Labute approximate surface area is 116 Å². The third kappa shape index (κ3) is 5.51. The number of rotatable bonds is 4. The Morgan fingerprint density at radius 2 is 1.80 bits per heavy atom. The fourth-order valence-corrected chi connectivity index (χ4v) is 1.38. The fourth-order valence-electron chi connectivity index (χ4n) is 1.38. The largest absolute Gasteiger partial charge is 0.478 e. The minimum Gasteiger partial charge on any atom is -0.478 e. The second-order valence-corrected chi connectivity index (χ2v) is 3.77. The van der Waals surface area contributed by atoms with E-state index in [9.17, 15) is 4.79 Å². The van der Waals surface area contributed by atoms with Crippen molar-refractivity contribution in [2.75, 3.05) is 0 Å². The molecule has 106 valence electrons. The first kappa shape index (κ1) is 15.7. The molecule has 0 atom stereocenters. The molecule has 5 nitrogen and oxygen atoms in total. The lowest BCUT2D eigenvalue weighted by molar-refractivity contribution is -0.131. The van der Waals surface area contributed by atoms with Crippen molar-refractivity contribution in [2.24, 2.45) is 0 Å². The van der Waals surface area contributed by atoms with Gasteiger partial charge in [0.05, 0.1) is 12.9 Å². The van der Waals surface area contributed by atoms with Gasteiger partial charge in [-0.1, -0.05) is 30.3 Å². The zero-order valence-corrected chi connectivity index (χ0v) is 10.8. The lowest BCUT2D eigenvalue weighted by atomic mass is 10.2. The Hall–Kier alpha value is -2.37. The highest BCUT2D eigenvalue weighted by atomic mass is 16.4. The summed E-state index contributed by atoms with van der Waals surface area (Å²) in [4.78, 5) is 10.1. The fraction of sp³-hybridized carbons (Fsp3) is 0.133. The van der Waals surface area contributed by atoms with Crippen LogP contribution in [-0.4, -0.2) is 21.3 Å². The first-order valence-electron chi connectivity index (χ1n) is 5.90. The molecule has 20 heavy (non-hydrogen) atoms. The van der Waals surface area contributed by atoms with Gasteiger partial charge in [0, 0.05) is 11.6 Å². The van der Waals surface area contributed by atoms with Crippen LogP contribution < -0.4 is 0 Å². The molecule has 0 saturated carbocycles. The van der Waals surface area contributed by atoms with E-state index in [0.29, 0.717) is 11.3 Å². The van der Waals surface area contributed by atoms with Gasteiger partial charge >= 0.3 is 5.97 Å². The minimum absolute atomic E-state index is 0.0770. The van der Waals surface area contributed by atoms with Gasteiger partial charge in [-0.25, -0.2) is 4.79 Å². The zero-order chi connectivity index (χ0) is 14.8. The summed E-state index contributed by atoms with van der Waals surface area (Å²) in [5.74, 6) is -0.480. The van der Waals surface area contributed by atoms with Crippen molar-refractivity contribution in [2.45, 2.75) is 13.2 Å². The van der Waals surface area contributed by atoms with Crippen molar-refractivity contribution in [3.8, 4) is 0 Å². The Balaban J connectivity index is 0.000000204. The molecule has 0 aliphatic carbocycles. The third-order valence-corrected chi connectivity index (χ3v) is 2.37. The molecule has 0 bridgehead atoms. The van der Waals surface area contributed by atoms with E-state index in [2.05, 4.69) is 0 Å². The van der Waals surface area contributed by atoms with Gasteiger partial charge in [0.15, 0.2) is 0 Å². The molecular formula is C15H16O5. The third-order valence-electron chi connectivity index (χ3n) is 2.37. The molecule has 2 rings (SSSR count). The Morgan fingerprint density at radius 3 is 2.30 bits per heavy atom.